The number of rotatable bonds is 5. The summed E-state index contributed by atoms with van der Waals surface area (Å²) in [5.74, 6) is 2.58. The second kappa shape index (κ2) is 14.3. The maximum Gasteiger partial charge on any atom is 0.156 e. The average molecular weight is 390 g/mol. The lowest BCUT2D eigenvalue weighted by Crippen LogP contribution is -2.10. The minimum atomic E-state index is 0.0116. The first-order chi connectivity index (χ1) is 13.0. The van der Waals surface area contributed by atoms with Crippen molar-refractivity contribution in [2.24, 2.45) is 9.39 Å². The van der Waals surface area contributed by atoms with E-state index in [1.165, 1.54) is 0 Å². The Labute approximate surface area is 165 Å². The molecule has 0 spiro atoms. The molecule has 1 aromatic carbocycles. The summed E-state index contributed by atoms with van der Waals surface area (Å²) in [6.45, 7) is 11.7. The summed E-state index contributed by atoms with van der Waals surface area (Å²) in [6, 6.07) is 10.7. The van der Waals surface area contributed by atoms with Crippen LogP contribution in [0.25, 0.3) is 0 Å². The standard InChI is InChI=1S/C9H13N3OS.C8H8N2O.C2H6/c1-7-4-5-9(13-7)6-11-8(2)12-14-10-3;1-10-7-4-2-3-6(5-9)8(7)11;1-2/h4-5H,3,6H2,1-2H3,(H,11,12);2-4,10-11H,1H3;1-2H3. The van der Waals surface area contributed by atoms with Crippen molar-refractivity contribution in [3.05, 3.63) is 47.4 Å². The fraction of sp³-hybridized carbons (Fsp3) is 0.316. The Morgan fingerprint density at radius 1 is 1.33 bits per heavy atom. The number of amidine groups is 1. The van der Waals surface area contributed by atoms with Crippen molar-refractivity contribution in [1.29, 1.82) is 5.26 Å². The van der Waals surface area contributed by atoms with Gasteiger partial charge in [-0.15, -0.1) is 0 Å². The van der Waals surface area contributed by atoms with Crippen LogP contribution in [-0.2, 0) is 6.54 Å². The van der Waals surface area contributed by atoms with Crippen molar-refractivity contribution in [3.8, 4) is 11.8 Å². The van der Waals surface area contributed by atoms with Gasteiger partial charge in [0.25, 0.3) is 0 Å². The molecule has 0 aliphatic carbocycles. The number of hydrogen-bond donors (Lipinski definition) is 3. The van der Waals surface area contributed by atoms with Gasteiger partial charge < -0.3 is 14.8 Å². The maximum absolute atomic E-state index is 9.30. The van der Waals surface area contributed by atoms with E-state index in [1.54, 1.807) is 25.2 Å². The van der Waals surface area contributed by atoms with E-state index in [4.69, 9.17) is 9.68 Å². The van der Waals surface area contributed by atoms with Gasteiger partial charge in [-0.1, -0.05) is 19.9 Å². The second-order valence-corrected chi connectivity index (χ2v) is 5.44. The maximum atomic E-state index is 9.30. The highest BCUT2D eigenvalue weighted by atomic mass is 32.2. The lowest BCUT2D eigenvalue weighted by Gasteiger charge is -2.02. The fourth-order valence-electron chi connectivity index (χ4n) is 1.73. The molecule has 27 heavy (non-hydrogen) atoms. The van der Waals surface area contributed by atoms with Gasteiger partial charge in [-0.05, 0) is 38.1 Å². The first-order valence-corrected chi connectivity index (χ1v) is 9.13. The van der Waals surface area contributed by atoms with Gasteiger partial charge >= 0.3 is 0 Å². The van der Waals surface area contributed by atoms with Crippen LogP contribution in [0.3, 0.4) is 0 Å². The molecular weight excluding hydrogens is 362 g/mol. The summed E-state index contributed by atoms with van der Waals surface area (Å²) in [4.78, 5) is 4.25. The molecule has 1 aromatic heterocycles. The minimum Gasteiger partial charge on any atom is -0.504 e. The van der Waals surface area contributed by atoms with Gasteiger partial charge in [0.1, 0.15) is 23.4 Å². The number of phenolic OH excluding ortho intramolecular Hbond substituents is 1. The van der Waals surface area contributed by atoms with Crippen molar-refractivity contribution >= 4 is 30.4 Å². The van der Waals surface area contributed by atoms with Crippen molar-refractivity contribution in [3.63, 3.8) is 0 Å². The number of nitrogens with one attached hydrogen (secondary N) is 2. The van der Waals surface area contributed by atoms with Crippen LogP contribution in [0, 0.1) is 18.3 Å². The normalized spacial score (nSPS) is 9.70. The monoisotopic (exact) mass is 389 g/mol. The van der Waals surface area contributed by atoms with E-state index in [2.05, 4.69) is 26.1 Å². The highest BCUT2D eigenvalue weighted by molar-refractivity contribution is 7.96. The molecule has 2 rings (SSSR count). The molecule has 7 nitrogen and oxygen atoms in total. The van der Waals surface area contributed by atoms with Crippen LogP contribution in [0.15, 0.2) is 44.1 Å². The minimum absolute atomic E-state index is 0.0116. The highest BCUT2D eigenvalue weighted by Crippen LogP contribution is 2.25. The van der Waals surface area contributed by atoms with E-state index < -0.39 is 0 Å². The number of aryl methyl sites for hydroxylation is 1. The lowest BCUT2D eigenvalue weighted by molar-refractivity contribution is 0.476. The SMILES string of the molecule is C=NSNC(C)=NCc1ccc(C)o1.CC.CNc1cccc(C#N)c1O. The van der Waals surface area contributed by atoms with E-state index in [9.17, 15) is 5.11 Å². The van der Waals surface area contributed by atoms with Gasteiger partial charge in [0.15, 0.2) is 5.75 Å². The Hall–Kier alpha value is -2.92. The van der Waals surface area contributed by atoms with Gasteiger partial charge in [-0.2, -0.15) is 5.26 Å². The van der Waals surface area contributed by atoms with Gasteiger partial charge in [0.05, 0.1) is 29.9 Å². The zero-order chi connectivity index (χ0) is 20.7. The number of nitrogens with zero attached hydrogens (tertiary/aromatic N) is 3. The van der Waals surface area contributed by atoms with Gasteiger partial charge in [-0.3, -0.25) is 9.71 Å². The van der Waals surface area contributed by atoms with Crippen molar-refractivity contribution in [1.82, 2.24) is 4.72 Å². The Balaban J connectivity index is 0.000000469. The predicted octanol–water partition coefficient (Wildman–Crippen LogP) is 4.69. The van der Waals surface area contributed by atoms with Gasteiger partial charge in [-0.25, -0.2) is 4.40 Å². The van der Waals surface area contributed by atoms with Crippen molar-refractivity contribution in [2.75, 3.05) is 12.4 Å². The van der Waals surface area contributed by atoms with E-state index in [-0.39, 0.29) is 11.3 Å². The van der Waals surface area contributed by atoms with Crippen LogP contribution in [0.5, 0.6) is 5.75 Å². The number of hydrogen-bond acceptors (Lipinski definition) is 7. The number of para-hydroxylation sites is 1. The third kappa shape index (κ3) is 9.37. The Bertz CT molecular complexity index is 766. The van der Waals surface area contributed by atoms with E-state index in [1.807, 2.05) is 45.9 Å². The van der Waals surface area contributed by atoms with E-state index in [0.717, 1.165) is 29.5 Å². The molecule has 146 valence electrons. The summed E-state index contributed by atoms with van der Waals surface area (Å²) in [5.41, 5.74) is 0.862. The summed E-state index contributed by atoms with van der Waals surface area (Å²) in [5, 5.41) is 20.6. The summed E-state index contributed by atoms with van der Waals surface area (Å²) in [7, 11) is 1.69. The number of nitriles is 1. The van der Waals surface area contributed by atoms with Crippen LogP contribution in [0.1, 0.15) is 37.9 Å². The first kappa shape index (κ1) is 24.1. The number of furan rings is 1. The van der Waals surface area contributed by atoms with Gasteiger partial charge in [0.2, 0.25) is 0 Å². The Morgan fingerprint density at radius 3 is 2.56 bits per heavy atom. The van der Waals surface area contributed by atoms with Crippen LogP contribution >= 0.6 is 12.1 Å². The molecule has 0 unspecified atom stereocenters. The third-order valence-electron chi connectivity index (χ3n) is 2.95. The Kier molecular flexibility index (Phi) is 12.7. The lowest BCUT2D eigenvalue weighted by atomic mass is 10.2. The molecule has 0 saturated heterocycles. The molecule has 0 radical (unpaired) electrons. The number of phenols is 1. The molecule has 0 fully saturated rings. The highest BCUT2D eigenvalue weighted by Gasteiger charge is 2.02. The molecular formula is C19H27N5O2S. The zero-order valence-electron chi connectivity index (χ0n) is 16.4. The molecule has 3 N–H and O–H groups in total. The van der Waals surface area contributed by atoms with E-state index >= 15 is 0 Å². The largest absolute Gasteiger partial charge is 0.504 e. The van der Waals surface area contributed by atoms with Crippen LogP contribution < -0.4 is 10.0 Å². The zero-order valence-corrected chi connectivity index (χ0v) is 17.2. The predicted molar refractivity (Wildman–Crippen MR) is 114 cm³/mol. The molecule has 0 atom stereocenters. The number of benzene rings is 1. The van der Waals surface area contributed by atoms with Crippen LogP contribution in [-0.4, -0.2) is 24.7 Å². The molecule has 0 bridgehead atoms. The Morgan fingerprint density at radius 2 is 2.04 bits per heavy atom. The average Bonchev–Trinajstić information content (AvgIpc) is 3.12. The topological polar surface area (TPSA) is 106 Å². The number of aliphatic imine (C=N–C) groups is 1. The van der Waals surface area contributed by atoms with Gasteiger partial charge in [0, 0.05) is 13.8 Å². The molecule has 0 saturated carbocycles. The smallest absolute Gasteiger partial charge is 0.156 e. The second-order valence-electron chi connectivity index (χ2n) is 4.80. The number of aromatic hydroxyl groups is 1. The van der Waals surface area contributed by atoms with Crippen molar-refractivity contribution < 1.29 is 9.52 Å². The quantitative estimate of drug-likeness (QED) is 0.296. The number of anilines is 1. The molecule has 1 heterocycles. The van der Waals surface area contributed by atoms with Crippen molar-refractivity contribution in [2.45, 2.75) is 34.2 Å². The molecule has 0 amide bonds. The molecule has 0 aliphatic heterocycles. The summed E-state index contributed by atoms with van der Waals surface area (Å²) < 4.78 is 11.9. The first-order valence-electron chi connectivity index (χ1n) is 8.36. The van der Waals surface area contributed by atoms with E-state index in [0.29, 0.717) is 12.2 Å². The third-order valence-corrected chi connectivity index (χ3v) is 3.47. The van der Waals surface area contributed by atoms with Crippen LogP contribution in [0.2, 0.25) is 0 Å². The summed E-state index contributed by atoms with van der Waals surface area (Å²) >= 11 is 1.16. The fourth-order valence-corrected chi connectivity index (χ4v) is 1.99. The molecule has 2 aromatic rings. The van der Waals surface area contributed by atoms with Crippen LogP contribution in [0.4, 0.5) is 5.69 Å². The molecule has 0 aliphatic rings. The summed E-state index contributed by atoms with van der Waals surface area (Å²) in [6.07, 6.45) is 0. The molecule has 8 heteroatoms.